The summed E-state index contributed by atoms with van der Waals surface area (Å²) in [4.78, 5) is 24.3. The van der Waals surface area contributed by atoms with E-state index in [9.17, 15) is 9.59 Å². The van der Waals surface area contributed by atoms with E-state index in [2.05, 4.69) is 13.8 Å². The lowest BCUT2D eigenvalue weighted by molar-refractivity contribution is -0.140. The van der Waals surface area contributed by atoms with Gasteiger partial charge in [0.25, 0.3) is 0 Å². The van der Waals surface area contributed by atoms with Crippen molar-refractivity contribution < 1.29 is 14.3 Å². The third kappa shape index (κ3) is 2.11. The summed E-state index contributed by atoms with van der Waals surface area (Å²) in [5.41, 5.74) is 1.30. The average molecular weight is 284 g/mol. The molecule has 0 radical (unpaired) electrons. The van der Waals surface area contributed by atoms with Gasteiger partial charge < -0.3 is 4.74 Å². The van der Waals surface area contributed by atoms with Gasteiger partial charge in [-0.15, -0.1) is 0 Å². The highest BCUT2D eigenvalue weighted by atomic mass is 16.5. The van der Waals surface area contributed by atoms with E-state index in [1.807, 2.05) is 13.0 Å². The molecule has 1 aromatic rings. The van der Waals surface area contributed by atoms with Crippen molar-refractivity contribution >= 4 is 11.8 Å². The molecule has 4 rings (SSSR count). The lowest BCUT2D eigenvalue weighted by Crippen LogP contribution is -2.56. The first-order chi connectivity index (χ1) is 9.93. The molecule has 0 amide bonds. The minimum absolute atomic E-state index is 0.0201. The molecule has 3 saturated carbocycles. The number of rotatable bonds is 2. The van der Waals surface area contributed by atoms with Gasteiger partial charge >= 0.3 is 5.97 Å². The normalized spacial score (nSPS) is 31.7. The zero-order chi connectivity index (χ0) is 15.2. The number of esters is 1. The smallest absolute Gasteiger partial charge is 0.342 e. The van der Waals surface area contributed by atoms with E-state index in [0.717, 1.165) is 6.42 Å². The summed E-state index contributed by atoms with van der Waals surface area (Å²) in [6.45, 7) is 6.38. The first-order valence-corrected chi connectivity index (χ1v) is 7.43. The Kier molecular flexibility index (Phi) is 3.23. The topological polar surface area (TPSA) is 43.4 Å². The molecule has 0 N–H and O–H groups in total. The molecule has 110 valence electrons. The third-order valence-electron chi connectivity index (χ3n) is 5.32. The lowest BCUT2D eigenvalue weighted by atomic mass is 9.44. The van der Waals surface area contributed by atoms with Crippen LogP contribution >= 0.6 is 0 Å². The van der Waals surface area contributed by atoms with Crippen molar-refractivity contribution in [2.24, 2.45) is 23.2 Å². The number of ketones is 1. The minimum Gasteiger partial charge on any atom is -0.430 e. The van der Waals surface area contributed by atoms with Crippen LogP contribution in [0.3, 0.4) is 0 Å². The monoisotopic (exact) mass is 284 g/mol. The van der Waals surface area contributed by atoms with Gasteiger partial charge in [-0.1, -0.05) is 39.0 Å². The Bertz CT molecular complexity index is 613. The van der Waals surface area contributed by atoms with Crippen molar-refractivity contribution in [3.63, 3.8) is 0 Å². The van der Waals surface area contributed by atoms with Gasteiger partial charge in [-0.3, -0.25) is 4.79 Å². The van der Waals surface area contributed by atoms with Gasteiger partial charge in [-0.25, -0.2) is 4.79 Å². The van der Waals surface area contributed by atoms with Gasteiger partial charge in [-0.05, 0) is 35.8 Å². The minimum atomic E-state index is -0.414. The molecule has 3 heteroatoms. The first-order valence-electron chi connectivity index (χ1n) is 7.43. The molecule has 3 aliphatic carbocycles. The number of allylic oxidation sites excluding steroid dienone is 1. The molecule has 0 aromatic heterocycles. The SMILES string of the molecule is C[C@@H]1C(=O)C(=COC(=O)c2ccccc2)[C@@H]2C[C@H]1C2(C)C. The number of fused-ring (bicyclic) bond motifs is 2. The summed E-state index contributed by atoms with van der Waals surface area (Å²) >= 11 is 0. The van der Waals surface area contributed by atoms with E-state index in [1.54, 1.807) is 24.3 Å². The van der Waals surface area contributed by atoms with E-state index in [4.69, 9.17) is 4.74 Å². The zero-order valence-corrected chi connectivity index (χ0v) is 12.6. The van der Waals surface area contributed by atoms with Crippen molar-refractivity contribution in [2.45, 2.75) is 27.2 Å². The molecule has 21 heavy (non-hydrogen) atoms. The van der Waals surface area contributed by atoms with Crippen LogP contribution in [-0.2, 0) is 9.53 Å². The Balaban J connectivity index is 1.80. The zero-order valence-electron chi connectivity index (χ0n) is 12.6. The number of benzene rings is 1. The van der Waals surface area contributed by atoms with Crippen molar-refractivity contribution in [1.29, 1.82) is 0 Å². The Morgan fingerprint density at radius 3 is 2.57 bits per heavy atom. The summed E-state index contributed by atoms with van der Waals surface area (Å²) in [5.74, 6) is 0.415. The molecular formula is C18H20O3. The molecule has 3 aliphatic rings. The highest BCUT2D eigenvalue weighted by Gasteiger charge is 2.58. The van der Waals surface area contributed by atoms with E-state index in [1.165, 1.54) is 6.26 Å². The van der Waals surface area contributed by atoms with Crippen LogP contribution in [0.2, 0.25) is 0 Å². The van der Waals surface area contributed by atoms with Gasteiger partial charge in [0.15, 0.2) is 5.78 Å². The van der Waals surface area contributed by atoms with Crippen LogP contribution in [0.4, 0.5) is 0 Å². The van der Waals surface area contributed by atoms with Crippen LogP contribution in [0.5, 0.6) is 0 Å². The average Bonchev–Trinajstić information content (AvgIpc) is 2.48. The fourth-order valence-electron chi connectivity index (χ4n) is 3.85. The second-order valence-electron chi connectivity index (χ2n) is 6.71. The molecule has 0 heterocycles. The maximum absolute atomic E-state index is 12.3. The summed E-state index contributed by atoms with van der Waals surface area (Å²) in [7, 11) is 0. The summed E-state index contributed by atoms with van der Waals surface area (Å²) in [5, 5.41) is 0. The number of carbonyl (C=O) groups excluding carboxylic acids is 2. The van der Waals surface area contributed by atoms with Crippen LogP contribution in [0, 0.1) is 23.2 Å². The van der Waals surface area contributed by atoms with Crippen molar-refractivity contribution in [3.05, 3.63) is 47.7 Å². The van der Waals surface area contributed by atoms with E-state index >= 15 is 0 Å². The molecule has 1 aromatic carbocycles. The third-order valence-corrected chi connectivity index (χ3v) is 5.32. The number of ether oxygens (including phenoxy) is 1. The molecule has 0 spiro atoms. The molecule has 2 bridgehead atoms. The van der Waals surface area contributed by atoms with Gasteiger partial charge in [0.05, 0.1) is 5.56 Å². The standard InChI is InChI=1S/C18H20O3/c1-11-14-9-15(18(14,2)3)13(16(11)19)10-21-17(20)12-7-5-4-6-8-12/h4-8,10-11,14-15H,9H2,1-3H3/t11-,14+,15-/m0/s1. The van der Waals surface area contributed by atoms with Crippen LogP contribution in [-0.4, -0.2) is 11.8 Å². The number of hydrogen-bond acceptors (Lipinski definition) is 3. The van der Waals surface area contributed by atoms with Gasteiger partial charge in [0.1, 0.15) is 6.26 Å². The second-order valence-corrected chi connectivity index (χ2v) is 6.71. The fraction of sp³-hybridized carbons (Fsp3) is 0.444. The Morgan fingerprint density at radius 2 is 1.95 bits per heavy atom. The molecule has 0 aliphatic heterocycles. The molecule has 0 saturated heterocycles. The molecule has 3 fully saturated rings. The van der Waals surface area contributed by atoms with Crippen molar-refractivity contribution in [3.8, 4) is 0 Å². The van der Waals surface area contributed by atoms with Gasteiger partial charge in [-0.2, -0.15) is 0 Å². The lowest BCUT2D eigenvalue weighted by Gasteiger charge is -2.59. The van der Waals surface area contributed by atoms with Crippen molar-refractivity contribution in [1.82, 2.24) is 0 Å². The summed E-state index contributed by atoms with van der Waals surface area (Å²) < 4.78 is 5.25. The Hall–Kier alpha value is -1.90. The highest BCUT2D eigenvalue weighted by Crippen LogP contribution is 2.61. The molecular weight excluding hydrogens is 264 g/mol. The fourth-order valence-corrected chi connectivity index (χ4v) is 3.85. The quantitative estimate of drug-likeness (QED) is 0.473. The molecule has 3 atom stereocenters. The van der Waals surface area contributed by atoms with E-state index in [-0.39, 0.29) is 23.0 Å². The maximum Gasteiger partial charge on any atom is 0.342 e. The number of carbonyl (C=O) groups is 2. The first kappa shape index (κ1) is 14.1. The molecule has 3 nitrogen and oxygen atoms in total. The van der Waals surface area contributed by atoms with E-state index < -0.39 is 5.97 Å². The van der Waals surface area contributed by atoms with E-state index in [0.29, 0.717) is 17.1 Å². The van der Waals surface area contributed by atoms with Crippen LogP contribution in [0.15, 0.2) is 42.2 Å². The van der Waals surface area contributed by atoms with Gasteiger partial charge in [0.2, 0.25) is 0 Å². The largest absolute Gasteiger partial charge is 0.430 e. The predicted molar refractivity (Wildman–Crippen MR) is 79.5 cm³/mol. The Morgan fingerprint density at radius 1 is 1.29 bits per heavy atom. The maximum atomic E-state index is 12.3. The van der Waals surface area contributed by atoms with Crippen LogP contribution in [0.1, 0.15) is 37.6 Å². The second kappa shape index (κ2) is 4.83. The number of Topliss-reactive ketones (excluding diaryl/α,β-unsaturated/α-hetero) is 1. The molecule has 0 unspecified atom stereocenters. The van der Waals surface area contributed by atoms with Crippen LogP contribution < -0.4 is 0 Å². The van der Waals surface area contributed by atoms with Crippen molar-refractivity contribution in [2.75, 3.05) is 0 Å². The van der Waals surface area contributed by atoms with Gasteiger partial charge in [0, 0.05) is 11.5 Å². The number of hydrogen-bond donors (Lipinski definition) is 0. The highest BCUT2D eigenvalue weighted by molar-refractivity contribution is 6.00. The summed E-state index contributed by atoms with van der Waals surface area (Å²) in [6, 6.07) is 8.83. The van der Waals surface area contributed by atoms with Crippen LogP contribution in [0.25, 0.3) is 0 Å². The predicted octanol–water partition coefficient (Wildman–Crippen LogP) is 3.61. The summed E-state index contributed by atoms with van der Waals surface area (Å²) in [6.07, 6.45) is 2.42. The Labute approximate surface area is 125 Å².